The highest BCUT2D eigenvalue weighted by Gasteiger charge is 2.05. The largest absolute Gasteiger partial charge is 0.478 e. The Bertz CT molecular complexity index is 609. The molecule has 2 N–H and O–H groups in total. The van der Waals surface area contributed by atoms with Crippen molar-refractivity contribution in [2.75, 3.05) is 5.32 Å². The third-order valence-corrected chi connectivity index (χ3v) is 2.88. The lowest BCUT2D eigenvalue weighted by atomic mass is 10.1. The molecule has 1 heterocycles. The van der Waals surface area contributed by atoms with Gasteiger partial charge >= 0.3 is 5.97 Å². The van der Waals surface area contributed by atoms with E-state index in [1.807, 2.05) is 32.0 Å². The fourth-order valence-corrected chi connectivity index (χ4v) is 1.88. The molecule has 0 aliphatic rings. The van der Waals surface area contributed by atoms with E-state index in [-0.39, 0.29) is 0 Å². The number of benzene rings is 1. The summed E-state index contributed by atoms with van der Waals surface area (Å²) in [5.74, 6) is -0.907. The van der Waals surface area contributed by atoms with Crippen molar-refractivity contribution in [1.29, 1.82) is 0 Å². The van der Waals surface area contributed by atoms with Gasteiger partial charge in [0.05, 0.1) is 17.8 Å². The first-order chi connectivity index (χ1) is 9.06. The van der Waals surface area contributed by atoms with E-state index in [9.17, 15) is 4.79 Å². The van der Waals surface area contributed by atoms with Gasteiger partial charge in [-0.2, -0.15) is 0 Å². The summed E-state index contributed by atoms with van der Waals surface area (Å²) in [5.41, 5.74) is 4.08. The fourth-order valence-electron chi connectivity index (χ4n) is 1.88. The van der Waals surface area contributed by atoms with Gasteiger partial charge < -0.3 is 10.4 Å². The van der Waals surface area contributed by atoms with E-state index in [0.29, 0.717) is 12.1 Å². The van der Waals surface area contributed by atoms with Crippen molar-refractivity contribution >= 4 is 11.7 Å². The van der Waals surface area contributed by atoms with Crippen LogP contribution < -0.4 is 5.32 Å². The standard InChI is InChI=1S/C15H16N2O2/c1-10-8-12(15(18)19)6-7-14(10)16-9-13-5-3-4-11(2)17-13/h3-8,16H,9H2,1-2H3,(H,18,19). The van der Waals surface area contributed by atoms with E-state index in [0.717, 1.165) is 22.6 Å². The van der Waals surface area contributed by atoms with Gasteiger partial charge in [0.15, 0.2) is 0 Å². The molecule has 0 saturated heterocycles. The summed E-state index contributed by atoms with van der Waals surface area (Å²) in [5, 5.41) is 12.2. The molecule has 0 aliphatic heterocycles. The number of aromatic carboxylic acids is 1. The molecule has 0 saturated carbocycles. The van der Waals surface area contributed by atoms with Crippen molar-refractivity contribution in [1.82, 2.24) is 4.98 Å². The molecule has 0 radical (unpaired) electrons. The highest BCUT2D eigenvalue weighted by atomic mass is 16.4. The summed E-state index contributed by atoms with van der Waals surface area (Å²) < 4.78 is 0. The Morgan fingerprint density at radius 1 is 1.26 bits per heavy atom. The number of carbonyl (C=O) groups is 1. The molecule has 0 atom stereocenters. The average Bonchev–Trinajstić information content (AvgIpc) is 2.37. The number of nitrogens with zero attached hydrogens (tertiary/aromatic N) is 1. The van der Waals surface area contributed by atoms with Crippen molar-refractivity contribution < 1.29 is 9.90 Å². The quantitative estimate of drug-likeness (QED) is 0.882. The second-order valence-electron chi connectivity index (χ2n) is 4.46. The van der Waals surface area contributed by atoms with Crippen molar-refractivity contribution in [2.45, 2.75) is 20.4 Å². The van der Waals surface area contributed by atoms with Gasteiger partial charge in [-0.1, -0.05) is 6.07 Å². The minimum Gasteiger partial charge on any atom is -0.478 e. The third kappa shape index (κ3) is 3.31. The molecular formula is C15H16N2O2. The average molecular weight is 256 g/mol. The van der Waals surface area contributed by atoms with Crippen molar-refractivity contribution in [3.05, 3.63) is 58.9 Å². The molecule has 1 aromatic carbocycles. The molecule has 2 rings (SSSR count). The molecule has 0 bridgehead atoms. The van der Waals surface area contributed by atoms with E-state index >= 15 is 0 Å². The summed E-state index contributed by atoms with van der Waals surface area (Å²) in [4.78, 5) is 15.3. The minimum absolute atomic E-state index is 0.303. The Kier molecular flexibility index (Phi) is 3.80. The zero-order chi connectivity index (χ0) is 13.8. The number of hydrogen-bond donors (Lipinski definition) is 2. The van der Waals surface area contributed by atoms with Crippen LogP contribution in [-0.2, 0) is 6.54 Å². The summed E-state index contributed by atoms with van der Waals surface area (Å²) in [7, 11) is 0. The molecule has 4 nitrogen and oxygen atoms in total. The number of rotatable bonds is 4. The predicted octanol–water partition coefficient (Wildman–Crippen LogP) is 3.01. The first-order valence-electron chi connectivity index (χ1n) is 6.06. The van der Waals surface area contributed by atoms with E-state index in [1.54, 1.807) is 18.2 Å². The lowest BCUT2D eigenvalue weighted by Crippen LogP contribution is -2.04. The van der Waals surface area contributed by atoms with Crippen molar-refractivity contribution in [2.24, 2.45) is 0 Å². The Hall–Kier alpha value is -2.36. The molecule has 0 aliphatic carbocycles. The summed E-state index contributed by atoms with van der Waals surface area (Å²) >= 11 is 0. The van der Waals surface area contributed by atoms with Gasteiger partial charge in [-0.05, 0) is 49.7 Å². The maximum Gasteiger partial charge on any atom is 0.335 e. The Labute approximate surface area is 112 Å². The topological polar surface area (TPSA) is 62.2 Å². The van der Waals surface area contributed by atoms with Crippen LogP contribution in [0.1, 0.15) is 27.3 Å². The van der Waals surface area contributed by atoms with Crippen LogP contribution in [0.3, 0.4) is 0 Å². The second-order valence-corrected chi connectivity index (χ2v) is 4.46. The summed E-state index contributed by atoms with van der Waals surface area (Å²) in [6.07, 6.45) is 0. The molecule has 98 valence electrons. The van der Waals surface area contributed by atoms with Crippen LogP contribution >= 0.6 is 0 Å². The predicted molar refractivity (Wildman–Crippen MR) is 74.4 cm³/mol. The lowest BCUT2D eigenvalue weighted by Gasteiger charge is -2.10. The number of hydrogen-bond acceptors (Lipinski definition) is 3. The van der Waals surface area contributed by atoms with Crippen LogP contribution in [0.15, 0.2) is 36.4 Å². The van der Waals surface area contributed by atoms with Crippen LogP contribution in [0, 0.1) is 13.8 Å². The highest BCUT2D eigenvalue weighted by Crippen LogP contribution is 2.17. The van der Waals surface area contributed by atoms with Gasteiger partial charge in [-0.3, -0.25) is 4.98 Å². The smallest absolute Gasteiger partial charge is 0.335 e. The summed E-state index contributed by atoms with van der Waals surface area (Å²) in [6.45, 7) is 4.46. The zero-order valence-corrected chi connectivity index (χ0v) is 11.0. The Morgan fingerprint density at radius 2 is 2.05 bits per heavy atom. The first kappa shape index (κ1) is 13.1. The van der Waals surface area contributed by atoms with Gasteiger partial charge in [0.2, 0.25) is 0 Å². The van der Waals surface area contributed by atoms with E-state index in [4.69, 9.17) is 5.11 Å². The monoisotopic (exact) mass is 256 g/mol. The van der Waals surface area contributed by atoms with E-state index in [1.165, 1.54) is 0 Å². The summed E-state index contributed by atoms with van der Waals surface area (Å²) in [6, 6.07) is 10.9. The third-order valence-electron chi connectivity index (χ3n) is 2.88. The number of nitrogens with one attached hydrogen (secondary N) is 1. The van der Waals surface area contributed by atoms with Crippen molar-refractivity contribution in [3.8, 4) is 0 Å². The van der Waals surface area contributed by atoms with Gasteiger partial charge in [0.25, 0.3) is 0 Å². The van der Waals surface area contributed by atoms with Crippen LogP contribution in [0.2, 0.25) is 0 Å². The minimum atomic E-state index is -0.907. The second kappa shape index (κ2) is 5.52. The van der Waals surface area contributed by atoms with Gasteiger partial charge in [0, 0.05) is 11.4 Å². The molecule has 0 unspecified atom stereocenters. The molecule has 2 aromatic rings. The molecular weight excluding hydrogens is 240 g/mol. The molecule has 19 heavy (non-hydrogen) atoms. The SMILES string of the molecule is Cc1cccc(CNc2ccc(C(=O)O)cc2C)n1. The van der Waals surface area contributed by atoms with Gasteiger partial charge in [-0.25, -0.2) is 4.79 Å². The van der Waals surface area contributed by atoms with Crippen LogP contribution in [0.25, 0.3) is 0 Å². The van der Waals surface area contributed by atoms with E-state index < -0.39 is 5.97 Å². The number of carboxylic acids is 1. The Morgan fingerprint density at radius 3 is 2.68 bits per heavy atom. The van der Waals surface area contributed by atoms with Crippen LogP contribution in [0.4, 0.5) is 5.69 Å². The molecule has 0 amide bonds. The van der Waals surface area contributed by atoms with Gasteiger partial charge in [0.1, 0.15) is 0 Å². The maximum absolute atomic E-state index is 10.9. The number of aromatic nitrogens is 1. The number of aryl methyl sites for hydroxylation is 2. The van der Waals surface area contributed by atoms with Crippen LogP contribution in [-0.4, -0.2) is 16.1 Å². The van der Waals surface area contributed by atoms with E-state index in [2.05, 4.69) is 10.3 Å². The lowest BCUT2D eigenvalue weighted by molar-refractivity contribution is 0.0697. The van der Waals surface area contributed by atoms with Crippen LogP contribution in [0.5, 0.6) is 0 Å². The first-order valence-corrected chi connectivity index (χ1v) is 6.06. The van der Waals surface area contributed by atoms with Gasteiger partial charge in [-0.15, -0.1) is 0 Å². The number of pyridine rings is 1. The maximum atomic E-state index is 10.9. The Balaban J connectivity index is 2.10. The molecule has 0 fully saturated rings. The number of anilines is 1. The normalized spacial score (nSPS) is 10.2. The fraction of sp³-hybridized carbons (Fsp3) is 0.200. The van der Waals surface area contributed by atoms with Crippen molar-refractivity contribution in [3.63, 3.8) is 0 Å². The molecule has 1 aromatic heterocycles. The molecule has 4 heteroatoms. The highest BCUT2D eigenvalue weighted by molar-refractivity contribution is 5.88. The number of carboxylic acid groups (broad SMARTS) is 1. The zero-order valence-electron chi connectivity index (χ0n) is 11.0. The molecule has 0 spiro atoms.